The second-order valence-corrected chi connectivity index (χ2v) is 5.78. The van der Waals surface area contributed by atoms with E-state index in [0.29, 0.717) is 12.6 Å². The number of β-amino-alcohol motifs (C(OH)–C–C–N with tert-alkyl or cyclic N) is 1. The molecule has 2 aromatic rings. The van der Waals surface area contributed by atoms with Gasteiger partial charge in [-0.2, -0.15) is 5.10 Å². The van der Waals surface area contributed by atoms with Crippen LogP contribution < -0.4 is 0 Å². The molecule has 5 heteroatoms. The maximum Gasteiger partial charge on any atom is 0.123 e. The summed E-state index contributed by atoms with van der Waals surface area (Å²) in [5.41, 5.74) is 1.94. The van der Waals surface area contributed by atoms with Gasteiger partial charge < -0.3 is 5.11 Å². The van der Waals surface area contributed by atoms with Gasteiger partial charge in [-0.3, -0.25) is 4.90 Å². The topological polar surface area (TPSA) is 41.3 Å². The van der Waals surface area contributed by atoms with Gasteiger partial charge in [-0.1, -0.05) is 0 Å². The number of piperidine rings is 1. The predicted molar refractivity (Wildman–Crippen MR) is 78.6 cm³/mol. The molecule has 1 N–H and O–H groups in total. The summed E-state index contributed by atoms with van der Waals surface area (Å²) in [6, 6.07) is 6.75. The van der Waals surface area contributed by atoms with Crippen LogP contribution in [0.25, 0.3) is 5.69 Å². The van der Waals surface area contributed by atoms with E-state index in [2.05, 4.69) is 16.9 Å². The number of likely N-dealkylation sites (tertiary alicyclic amines) is 1. The molecule has 1 saturated heterocycles. The molecule has 2 atom stereocenters. The molecule has 0 spiro atoms. The Labute approximate surface area is 123 Å². The molecular formula is C16H20FN3O. The number of rotatable bonds is 3. The molecule has 1 aliphatic heterocycles. The van der Waals surface area contributed by atoms with Crippen molar-refractivity contribution >= 4 is 0 Å². The molecule has 1 aromatic heterocycles. The number of benzene rings is 1. The molecule has 0 saturated carbocycles. The van der Waals surface area contributed by atoms with E-state index in [1.807, 2.05) is 12.4 Å². The Bertz CT molecular complexity index is 596. The van der Waals surface area contributed by atoms with Crippen molar-refractivity contribution in [1.82, 2.24) is 14.7 Å². The molecule has 0 radical (unpaired) electrons. The monoisotopic (exact) mass is 289 g/mol. The molecule has 1 fully saturated rings. The summed E-state index contributed by atoms with van der Waals surface area (Å²) in [4.78, 5) is 2.28. The summed E-state index contributed by atoms with van der Waals surface area (Å²) in [6.45, 7) is 3.68. The Morgan fingerprint density at radius 1 is 1.29 bits per heavy atom. The first-order valence-corrected chi connectivity index (χ1v) is 7.33. The minimum absolute atomic E-state index is 0.228. The summed E-state index contributed by atoms with van der Waals surface area (Å²) in [5, 5.41) is 14.1. The number of hydrogen-bond acceptors (Lipinski definition) is 3. The maximum absolute atomic E-state index is 12.9. The first-order chi connectivity index (χ1) is 10.1. The fraction of sp³-hybridized carbons (Fsp3) is 0.438. The number of hydrogen-bond donors (Lipinski definition) is 1. The number of aliphatic hydroxyl groups excluding tert-OH is 1. The second kappa shape index (κ2) is 5.95. The van der Waals surface area contributed by atoms with E-state index in [4.69, 9.17) is 0 Å². The van der Waals surface area contributed by atoms with Crippen LogP contribution >= 0.6 is 0 Å². The third kappa shape index (κ3) is 3.31. The number of aliphatic hydroxyl groups is 1. The molecule has 0 bridgehead atoms. The van der Waals surface area contributed by atoms with Gasteiger partial charge in [0.25, 0.3) is 0 Å². The molecule has 3 rings (SSSR count). The van der Waals surface area contributed by atoms with Crippen LogP contribution in [0.4, 0.5) is 4.39 Å². The predicted octanol–water partition coefficient (Wildman–Crippen LogP) is 2.36. The van der Waals surface area contributed by atoms with Crippen LogP contribution in [0.3, 0.4) is 0 Å². The Morgan fingerprint density at radius 3 is 2.81 bits per heavy atom. The summed E-state index contributed by atoms with van der Waals surface area (Å²) in [7, 11) is 0. The van der Waals surface area contributed by atoms with Gasteiger partial charge in [0.1, 0.15) is 5.82 Å². The first-order valence-electron chi connectivity index (χ1n) is 7.33. The molecular weight excluding hydrogens is 269 g/mol. The highest BCUT2D eigenvalue weighted by Gasteiger charge is 2.24. The van der Waals surface area contributed by atoms with Gasteiger partial charge >= 0.3 is 0 Å². The van der Waals surface area contributed by atoms with E-state index >= 15 is 0 Å². The molecule has 0 amide bonds. The Balaban J connectivity index is 1.71. The SMILES string of the molecule is C[C@@H]1CC[C@@H](O)CN1Cc1cnn(-c2ccc(F)cc2)c1. The van der Waals surface area contributed by atoms with Crippen LogP contribution in [0, 0.1) is 5.82 Å². The fourth-order valence-electron chi connectivity index (χ4n) is 2.79. The minimum atomic E-state index is -0.248. The van der Waals surface area contributed by atoms with Crippen molar-refractivity contribution in [3.63, 3.8) is 0 Å². The number of halogens is 1. The second-order valence-electron chi connectivity index (χ2n) is 5.78. The van der Waals surface area contributed by atoms with Crippen molar-refractivity contribution in [2.45, 2.75) is 38.5 Å². The zero-order chi connectivity index (χ0) is 14.8. The lowest BCUT2D eigenvalue weighted by molar-refractivity contribution is 0.0364. The van der Waals surface area contributed by atoms with E-state index < -0.39 is 0 Å². The smallest absolute Gasteiger partial charge is 0.123 e. The molecule has 0 aliphatic carbocycles. The standard InChI is InChI=1S/C16H20FN3O/c1-12-2-7-16(21)11-19(12)9-13-8-18-20(10-13)15-5-3-14(17)4-6-15/h3-6,8,10,12,16,21H,2,7,9,11H2,1H3/t12-,16-/m1/s1. The van der Waals surface area contributed by atoms with Crippen molar-refractivity contribution < 1.29 is 9.50 Å². The van der Waals surface area contributed by atoms with Gasteiger partial charge in [-0.05, 0) is 44.0 Å². The zero-order valence-corrected chi connectivity index (χ0v) is 12.1. The molecule has 112 valence electrons. The lowest BCUT2D eigenvalue weighted by Crippen LogP contribution is -2.43. The van der Waals surface area contributed by atoms with Crippen LogP contribution in [0.5, 0.6) is 0 Å². The van der Waals surface area contributed by atoms with Crippen molar-refractivity contribution in [2.24, 2.45) is 0 Å². The van der Waals surface area contributed by atoms with Gasteiger partial charge in [-0.25, -0.2) is 9.07 Å². The van der Waals surface area contributed by atoms with E-state index in [-0.39, 0.29) is 11.9 Å². The van der Waals surface area contributed by atoms with Crippen molar-refractivity contribution in [1.29, 1.82) is 0 Å². The van der Waals surface area contributed by atoms with E-state index in [0.717, 1.165) is 30.6 Å². The molecule has 1 aromatic carbocycles. The highest BCUT2D eigenvalue weighted by molar-refractivity contribution is 5.31. The van der Waals surface area contributed by atoms with E-state index in [1.54, 1.807) is 16.8 Å². The largest absolute Gasteiger partial charge is 0.392 e. The third-order valence-electron chi connectivity index (χ3n) is 4.10. The maximum atomic E-state index is 12.9. The van der Waals surface area contributed by atoms with Crippen molar-refractivity contribution in [2.75, 3.05) is 6.54 Å². The Hall–Kier alpha value is -1.72. The van der Waals surface area contributed by atoms with Crippen LogP contribution in [0.2, 0.25) is 0 Å². The summed E-state index contributed by atoms with van der Waals surface area (Å²) < 4.78 is 14.7. The minimum Gasteiger partial charge on any atom is -0.392 e. The van der Waals surface area contributed by atoms with E-state index in [1.165, 1.54) is 12.1 Å². The van der Waals surface area contributed by atoms with Gasteiger partial charge in [-0.15, -0.1) is 0 Å². The highest BCUT2D eigenvalue weighted by Crippen LogP contribution is 2.20. The lowest BCUT2D eigenvalue weighted by atomic mass is 10.0. The van der Waals surface area contributed by atoms with Crippen LogP contribution in [-0.2, 0) is 6.54 Å². The third-order valence-corrected chi connectivity index (χ3v) is 4.10. The first kappa shape index (κ1) is 14.2. The molecule has 0 unspecified atom stereocenters. The summed E-state index contributed by atoms with van der Waals surface area (Å²) in [5.74, 6) is -0.248. The molecule has 1 aliphatic rings. The van der Waals surface area contributed by atoms with Crippen LogP contribution in [0.15, 0.2) is 36.7 Å². The molecule has 21 heavy (non-hydrogen) atoms. The zero-order valence-electron chi connectivity index (χ0n) is 12.1. The summed E-state index contributed by atoms with van der Waals surface area (Å²) >= 11 is 0. The Kier molecular flexibility index (Phi) is 4.03. The average molecular weight is 289 g/mol. The van der Waals surface area contributed by atoms with Gasteiger partial charge in [0.15, 0.2) is 0 Å². The molecule has 4 nitrogen and oxygen atoms in total. The number of aromatic nitrogens is 2. The number of nitrogens with zero attached hydrogens (tertiary/aromatic N) is 3. The lowest BCUT2D eigenvalue weighted by Gasteiger charge is -2.35. The highest BCUT2D eigenvalue weighted by atomic mass is 19.1. The quantitative estimate of drug-likeness (QED) is 0.943. The normalized spacial score (nSPS) is 23.4. The Morgan fingerprint density at radius 2 is 2.05 bits per heavy atom. The van der Waals surface area contributed by atoms with Gasteiger partial charge in [0.2, 0.25) is 0 Å². The summed E-state index contributed by atoms with van der Waals surface area (Å²) in [6.07, 6.45) is 5.46. The van der Waals surface area contributed by atoms with Gasteiger partial charge in [0.05, 0.1) is 18.0 Å². The molecule has 2 heterocycles. The van der Waals surface area contributed by atoms with Crippen molar-refractivity contribution in [3.8, 4) is 5.69 Å². The average Bonchev–Trinajstić information content (AvgIpc) is 2.92. The van der Waals surface area contributed by atoms with Crippen molar-refractivity contribution in [3.05, 3.63) is 48.0 Å². The van der Waals surface area contributed by atoms with Crippen LogP contribution in [-0.4, -0.2) is 38.5 Å². The van der Waals surface area contributed by atoms with E-state index in [9.17, 15) is 9.50 Å². The fourth-order valence-corrected chi connectivity index (χ4v) is 2.79. The van der Waals surface area contributed by atoms with Gasteiger partial charge in [0, 0.05) is 30.9 Å². The van der Waals surface area contributed by atoms with Crippen LogP contribution in [0.1, 0.15) is 25.3 Å².